The minimum atomic E-state index is -0.721. The van der Waals surface area contributed by atoms with Gasteiger partial charge in [-0.1, -0.05) is 51.1 Å². The largest absolute Gasteiger partial charge is 0.396 e. The highest BCUT2D eigenvalue weighted by atomic mass is 19.1. The summed E-state index contributed by atoms with van der Waals surface area (Å²) in [4.78, 5) is 28.7. The summed E-state index contributed by atoms with van der Waals surface area (Å²) in [6.45, 7) is 7.46. The first-order chi connectivity index (χ1) is 16.7. The van der Waals surface area contributed by atoms with Crippen LogP contribution in [0.4, 0.5) is 4.39 Å². The first-order valence-corrected chi connectivity index (χ1v) is 12.1. The monoisotopic (exact) mass is 480 g/mol. The minimum Gasteiger partial charge on any atom is -0.396 e. The number of fused-ring (bicyclic) bond motifs is 1. The first-order valence-electron chi connectivity index (χ1n) is 12.1. The van der Waals surface area contributed by atoms with Crippen LogP contribution in [0.2, 0.25) is 0 Å². The summed E-state index contributed by atoms with van der Waals surface area (Å²) in [6, 6.07) is 12.9. The Kier molecular flexibility index (Phi) is 7.21. The van der Waals surface area contributed by atoms with E-state index in [2.05, 4.69) is 10.4 Å². The van der Waals surface area contributed by atoms with Gasteiger partial charge in [0.2, 0.25) is 5.91 Å². The Morgan fingerprint density at radius 2 is 1.77 bits per heavy atom. The van der Waals surface area contributed by atoms with Crippen LogP contribution in [0.3, 0.4) is 0 Å². The van der Waals surface area contributed by atoms with Gasteiger partial charge < -0.3 is 15.3 Å². The summed E-state index contributed by atoms with van der Waals surface area (Å²) in [5.41, 5.74) is 1.39. The van der Waals surface area contributed by atoms with Crippen LogP contribution in [0, 0.1) is 17.2 Å². The molecule has 1 atom stereocenters. The van der Waals surface area contributed by atoms with Gasteiger partial charge in [-0.05, 0) is 47.9 Å². The second kappa shape index (κ2) is 10.2. The number of piperidine rings is 1. The maximum absolute atomic E-state index is 13.5. The van der Waals surface area contributed by atoms with Gasteiger partial charge in [0, 0.05) is 25.1 Å². The smallest absolute Gasteiger partial charge is 0.273 e. The Morgan fingerprint density at radius 3 is 2.40 bits per heavy atom. The standard InChI is InChI=1S/C27H33FN4O3/c1-27(2,3)24(26(35)31-14-12-19(17-33)13-15-31)29-25(34)23-21-6-4-5-7-22(21)32(30-23)16-18-8-10-20(28)11-9-18/h4-11,19,24,33H,12-17H2,1-3H3,(H,29,34)/t24-/m1/s1. The van der Waals surface area contributed by atoms with Crippen LogP contribution in [-0.4, -0.2) is 57.3 Å². The van der Waals surface area contributed by atoms with Gasteiger partial charge >= 0.3 is 0 Å². The lowest BCUT2D eigenvalue weighted by atomic mass is 9.85. The molecule has 3 aromatic rings. The molecule has 2 N–H and O–H groups in total. The maximum atomic E-state index is 13.5. The molecule has 0 radical (unpaired) electrons. The fourth-order valence-corrected chi connectivity index (χ4v) is 4.55. The number of benzene rings is 2. The number of amides is 2. The van der Waals surface area contributed by atoms with Gasteiger partial charge in [-0.25, -0.2) is 4.39 Å². The number of hydrogen-bond acceptors (Lipinski definition) is 4. The van der Waals surface area contributed by atoms with Gasteiger partial charge in [0.05, 0.1) is 12.1 Å². The third-order valence-corrected chi connectivity index (χ3v) is 6.69. The van der Waals surface area contributed by atoms with Crippen molar-refractivity contribution in [3.8, 4) is 0 Å². The third-order valence-electron chi connectivity index (χ3n) is 6.69. The number of para-hydroxylation sites is 1. The summed E-state index contributed by atoms with van der Waals surface area (Å²) in [7, 11) is 0. The quantitative estimate of drug-likeness (QED) is 0.564. The number of carbonyl (C=O) groups excluding carboxylic acids is 2. The highest BCUT2D eigenvalue weighted by Gasteiger charge is 2.37. The van der Waals surface area contributed by atoms with Crippen LogP contribution in [-0.2, 0) is 11.3 Å². The number of likely N-dealkylation sites (tertiary alicyclic amines) is 1. The molecule has 1 saturated heterocycles. The van der Waals surface area contributed by atoms with Crippen molar-refractivity contribution >= 4 is 22.7 Å². The van der Waals surface area contributed by atoms with E-state index in [4.69, 9.17) is 0 Å². The van der Waals surface area contributed by atoms with Crippen LogP contribution >= 0.6 is 0 Å². The molecule has 1 aliphatic heterocycles. The Morgan fingerprint density at radius 1 is 1.11 bits per heavy atom. The van der Waals surface area contributed by atoms with Gasteiger partial charge in [-0.2, -0.15) is 5.10 Å². The van der Waals surface area contributed by atoms with Crippen molar-refractivity contribution in [1.29, 1.82) is 0 Å². The van der Waals surface area contributed by atoms with Crippen LogP contribution in [0.5, 0.6) is 0 Å². The zero-order chi connectivity index (χ0) is 25.2. The summed E-state index contributed by atoms with van der Waals surface area (Å²) in [5.74, 6) is -0.606. The van der Waals surface area contributed by atoms with Gasteiger partial charge in [-0.3, -0.25) is 14.3 Å². The fourth-order valence-electron chi connectivity index (χ4n) is 4.55. The lowest BCUT2D eigenvalue weighted by Crippen LogP contribution is -2.56. The van der Waals surface area contributed by atoms with E-state index >= 15 is 0 Å². The number of hydrogen-bond donors (Lipinski definition) is 2. The van der Waals surface area contributed by atoms with Gasteiger partial charge in [-0.15, -0.1) is 0 Å². The van der Waals surface area contributed by atoms with Crippen LogP contribution in [0.25, 0.3) is 10.9 Å². The topological polar surface area (TPSA) is 87.5 Å². The predicted octanol–water partition coefficient (Wildman–Crippen LogP) is 3.60. The Hall–Kier alpha value is -3.26. The second-order valence-electron chi connectivity index (χ2n) is 10.4. The van der Waals surface area contributed by atoms with Crippen molar-refractivity contribution in [2.24, 2.45) is 11.3 Å². The zero-order valence-electron chi connectivity index (χ0n) is 20.5. The molecular formula is C27H33FN4O3. The summed E-state index contributed by atoms with van der Waals surface area (Å²) < 4.78 is 15.1. The molecule has 0 aliphatic carbocycles. The van der Waals surface area contributed by atoms with E-state index in [0.29, 0.717) is 25.0 Å². The lowest BCUT2D eigenvalue weighted by Gasteiger charge is -2.38. The summed E-state index contributed by atoms with van der Waals surface area (Å²) in [6.07, 6.45) is 1.51. The van der Waals surface area contributed by atoms with Crippen molar-refractivity contribution < 1.29 is 19.1 Å². The third kappa shape index (κ3) is 5.53. The molecule has 8 heteroatoms. The fraction of sp³-hybridized carbons (Fsp3) is 0.444. The molecule has 7 nitrogen and oxygen atoms in total. The highest BCUT2D eigenvalue weighted by molar-refractivity contribution is 6.06. The van der Waals surface area contributed by atoms with Crippen molar-refractivity contribution in [2.75, 3.05) is 19.7 Å². The molecule has 186 valence electrons. The summed E-state index contributed by atoms with van der Waals surface area (Å²) >= 11 is 0. The SMILES string of the molecule is CC(C)(C)[C@H](NC(=O)c1nn(Cc2ccc(F)cc2)c2ccccc12)C(=O)N1CCC(CO)CC1. The Bertz CT molecular complexity index is 1190. The van der Waals surface area contributed by atoms with E-state index in [-0.39, 0.29) is 29.9 Å². The number of aromatic nitrogens is 2. The van der Waals surface area contributed by atoms with E-state index < -0.39 is 17.4 Å². The highest BCUT2D eigenvalue weighted by Crippen LogP contribution is 2.26. The molecule has 1 fully saturated rings. The van der Waals surface area contributed by atoms with Gasteiger partial charge in [0.1, 0.15) is 11.9 Å². The van der Waals surface area contributed by atoms with Gasteiger partial charge in [0.15, 0.2) is 5.69 Å². The molecule has 2 amide bonds. The predicted molar refractivity (Wildman–Crippen MR) is 132 cm³/mol. The lowest BCUT2D eigenvalue weighted by molar-refractivity contribution is -0.137. The van der Waals surface area contributed by atoms with E-state index in [1.165, 1.54) is 12.1 Å². The molecule has 0 bridgehead atoms. The van der Waals surface area contributed by atoms with E-state index in [9.17, 15) is 19.1 Å². The normalized spacial score (nSPS) is 15.9. The first kappa shape index (κ1) is 24.9. The zero-order valence-corrected chi connectivity index (χ0v) is 20.5. The molecule has 0 unspecified atom stereocenters. The summed E-state index contributed by atoms with van der Waals surface area (Å²) in [5, 5.41) is 17.7. The minimum absolute atomic E-state index is 0.114. The number of aliphatic hydroxyl groups is 1. The Balaban J connectivity index is 1.58. The van der Waals surface area contributed by atoms with Crippen molar-refractivity contribution in [2.45, 2.75) is 46.2 Å². The van der Waals surface area contributed by atoms with Crippen LogP contribution < -0.4 is 5.32 Å². The van der Waals surface area contributed by atoms with Crippen LogP contribution in [0.15, 0.2) is 48.5 Å². The molecule has 2 heterocycles. The number of aliphatic hydroxyl groups excluding tert-OH is 1. The van der Waals surface area contributed by atoms with Crippen molar-refractivity contribution in [3.63, 3.8) is 0 Å². The van der Waals surface area contributed by atoms with Crippen molar-refractivity contribution in [3.05, 3.63) is 65.6 Å². The number of nitrogens with one attached hydrogen (secondary N) is 1. The van der Waals surface area contributed by atoms with E-state index in [1.807, 2.05) is 45.0 Å². The number of halogens is 1. The maximum Gasteiger partial charge on any atom is 0.273 e. The number of carbonyl (C=O) groups is 2. The van der Waals surface area contributed by atoms with E-state index in [0.717, 1.165) is 23.9 Å². The number of nitrogens with zero attached hydrogens (tertiary/aromatic N) is 3. The van der Waals surface area contributed by atoms with E-state index in [1.54, 1.807) is 21.7 Å². The molecule has 0 saturated carbocycles. The molecule has 1 aromatic heterocycles. The molecule has 1 aliphatic rings. The average Bonchev–Trinajstić information content (AvgIpc) is 3.21. The molecule has 2 aromatic carbocycles. The molecular weight excluding hydrogens is 447 g/mol. The Labute approximate surface area is 204 Å². The second-order valence-corrected chi connectivity index (χ2v) is 10.4. The average molecular weight is 481 g/mol. The van der Waals surface area contributed by atoms with Crippen molar-refractivity contribution in [1.82, 2.24) is 20.0 Å². The molecule has 35 heavy (non-hydrogen) atoms. The van der Waals surface area contributed by atoms with Crippen LogP contribution in [0.1, 0.15) is 49.7 Å². The molecule has 0 spiro atoms. The number of rotatable bonds is 6. The van der Waals surface area contributed by atoms with Gasteiger partial charge in [0.25, 0.3) is 5.91 Å². The molecule has 4 rings (SSSR count).